The van der Waals surface area contributed by atoms with Gasteiger partial charge in [0.05, 0.1) is 6.54 Å². The van der Waals surface area contributed by atoms with E-state index in [-0.39, 0.29) is 6.04 Å². The fourth-order valence-corrected chi connectivity index (χ4v) is 1.54. The molecule has 0 bridgehead atoms. The second-order valence-electron chi connectivity index (χ2n) is 2.56. The summed E-state index contributed by atoms with van der Waals surface area (Å²) in [5, 5.41) is 2.46. The van der Waals surface area contributed by atoms with Crippen molar-refractivity contribution in [3.05, 3.63) is 0 Å². The van der Waals surface area contributed by atoms with E-state index >= 15 is 0 Å². The van der Waals surface area contributed by atoms with Crippen molar-refractivity contribution in [1.82, 2.24) is 5.32 Å². The van der Waals surface area contributed by atoms with Crippen LogP contribution < -0.4 is 5.32 Å². The van der Waals surface area contributed by atoms with Gasteiger partial charge in [-0.15, -0.1) is 0 Å². The summed E-state index contributed by atoms with van der Waals surface area (Å²) in [7, 11) is 0. The van der Waals surface area contributed by atoms with E-state index in [1.165, 1.54) is 0 Å². The zero-order valence-corrected chi connectivity index (χ0v) is 8.06. The average molecular weight is 201 g/mol. The van der Waals surface area contributed by atoms with Crippen LogP contribution in [-0.2, 0) is 0 Å². The molecule has 0 saturated heterocycles. The molecule has 0 amide bonds. The van der Waals surface area contributed by atoms with Gasteiger partial charge in [0.2, 0.25) is 0 Å². The second kappa shape index (κ2) is 5.70. The van der Waals surface area contributed by atoms with Gasteiger partial charge in [-0.1, -0.05) is 6.92 Å². The summed E-state index contributed by atoms with van der Waals surface area (Å²) in [6.07, 6.45) is -1.47. The van der Waals surface area contributed by atoms with Crippen LogP contribution in [0.2, 0.25) is 0 Å². The minimum atomic E-state index is -4.09. The zero-order chi connectivity index (χ0) is 9.61. The lowest BCUT2D eigenvalue weighted by atomic mass is 10.2. The molecule has 1 unspecified atom stereocenters. The van der Waals surface area contributed by atoms with E-state index in [2.05, 4.69) is 5.32 Å². The highest BCUT2D eigenvalue weighted by molar-refractivity contribution is 7.98. The first-order valence-electron chi connectivity index (χ1n) is 3.78. The molecule has 0 rings (SSSR count). The van der Waals surface area contributed by atoms with Crippen LogP contribution in [0.5, 0.6) is 0 Å². The Kier molecular flexibility index (Phi) is 5.74. The average Bonchev–Trinajstić information content (AvgIpc) is 1.96. The molecule has 0 saturated carbocycles. The van der Waals surface area contributed by atoms with Crippen LogP contribution in [0.15, 0.2) is 0 Å². The van der Waals surface area contributed by atoms with Crippen LogP contribution in [0.4, 0.5) is 13.2 Å². The van der Waals surface area contributed by atoms with Crippen LogP contribution in [0.3, 0.4) is 0 Å². The molecule has 12 heavy (non-hydrogen) atoms. The number of hydrogen-bond acceptors (Lipinski definition) is 2. The summed E-state index contributed by atoms with van der Waals surface area (Å²) in [6.45, 7) is 0.996. The first-order valence-corrected chi connectivity index (χ1v) is 5.18. The molecule has 0 aliphatic rings. The maximum Gasteiger partial charge on any atom is 0.401 e. The molecule has 0 fully saturated rings. The van der Waals surface area contributed by atoms with Gasteiger partial charge >= 0.3 is 6.18 Å². The van der Waals surface area contributed by atoms with Crippen molar-refractivity contribution < 1.29 is 13.2 Å². The Morgan fingerprint density at radius 3 is 2.33 bits per heavy atom. The summed E-state index contributed by atoms with van der Waals surface area (Å²) in [6, 6.07) is -0.0263. The highest BCUT2D eigenvalue weighted by Crippen LogP contribution is 2.13. The van der Waals surface area contributed by atoms with E-state index in [9.17, 15) is 13.2 Å². The Morgan fingerprint density at radius 1 is 1.42 bits per heavy atom. The summed E-state index contributed by atoms with van der Waals surface area (Å²) >= 11 is 1.56. The van der Waals surface area contributed by atoms with Gasteiger partial charge in [0.25, 0.3) is 0 Å². The van der Waals surface area contributed by atoms with Crippen LogP contribution in [0.25, 0.3) is 0 Å². The molecule has 1 nitrogen and oxygen atoms in total. The molecule has 1 atom stereocenters. The number of nitrogens with one attached hydrogen (secondary N) is 1. The highest BCUT2D eigenvalue weighted by atomic mass is 32.2. The van der Waals surface area contributed by atoms with Crippen LogP contribution in [-0.4, -0.2) is 30.8 Å². The van der Waals surface area contributed by atoms with Crippen molar-refractivity contribution in [2.24, 2.45) is 0 Å². The van der Waals surface area contributed by atoms with Crippen molar-refractivity contribution in [2.45, 2.75) is 25.6 Å². The van der Waals surface area contributed by atoms with Gasteiger partial charge in [0.1, 0.15) is 0 Å². The van der Waals surface area contributed by atoms with E-state index in [4.69, 9.17) is 0 Å². The monoisotopic (exact) mass is 201 g/mol. The minimum Gasteiger partial charge on any atom is -0.305 e. The lowest BCUT2D eigenvalue weighted by Gasteiger charge is -2.16. The van der Waals surface area contributed by atoms with E-state index in [0.29, 0.717) is 0 Å². The van der Waals surface area contributed by atoms with E-state index in [1.807, 2.05) is 13.2 Å². The predicted molar refractivity (Wildman–Crippen MR) is 46.5 cm³/mol. The molecular weight excluding hydrogens is 187 g/mol. The zero-order valence-electron chi connectivity index (χ0n) is 7.24. The highest BCUT2D eigenvalue weighted by Gasteiger charge is 2.27. The second-order valence-corrected chi connectivity index (χ2v) is 3.47. The number of thioether (sulfide) groups is 1. The van der Waals surface area contributed by atoms with Gasteiger partial charge < -0.3 is 5.32 Å². The van der Waals surface area contributed by atoms with E-state index in [1.54, 1.807) is 11.8 Å². The molecule has 0 aromatic carbocycles. The van der Waals surface area contributed by atoms with Crippen LogP contribution >= 0.6 is 11.8 Å². The normalized spacial score (nSPS) is 14.8. The quantitative estimate of drug-likeness (QED) is 0.732. The van der Waals surface area contributed by atoms with Crippen molar-refractivity contribution in [3.63, 3.8) is 0 Å². The molecule has 0 aliphatic carbocycles. The summed E-state index contributed by atoms with van der Waals surface area (Å²) in [4.78, 5) is 0. The van der Waals surface area contributed by atoms with Crippen molar-refractivity contribution in [3.8, 4) is 0 Å². The molecule has 1 N–H and O–H groups in total. The third-order valence-corrected chi connectivity index (χ3v) is 2.19. The summed E-state index contributed by atoms with van der Waals surface area (Å²) in [5.41, 5.74) is 0. The Morgan fingerprint density at radius 2 is 2.00 bits per heavy atom. The molecular formula is C7H14F3NS. The third-order valence-electron chi connectivity index (χ3n) is 1.45. The van der Waals surface area contributed by atoms with Gasteiger partial charge in [-0.25, -0.2) is 0 Å². The number of hydrogen-bond donors (Lipinski definition) is 1. The van der Waals surface area contributed by atoms with Gasteiger partial charge in [-0.3, -0.25) is 0 Å². The Labute approximate surface area is 75.1 Å². The van der Waals surface area contributed by atoms with Gasteiger partial charge in [0, 0.05) is 11.8 Å². The maximum absolute atomic E-state index is 11.7. The number of rotatable bonds is 5. The van der Waals surface area contributed by atoms with E-state index < -0.39 is 12.7 Å². The van der Waals surface area contributed by atoms with Gasteiger partial charge in [-0.2, -0.15) is 24.9 Å². The fraction of sp³-hybridized carbons (Fsp3) is 1.00. The molecule has 0 aromatic rings. The van der Waals surface area contributed by atoms with Gasteiger partial charge in [0.15, 0.2) is 0 Å². The fourth-order valence-electron chi connectivity index (χ4n) is 0.782. The van der Waals surface area contributed by atoms with Crippen LogP contribution in [0.1, 0.15) is 13.3 Å². The number of halogens is 3. The topological polar surface area (TPSA) is 12.0 Å². The minimum absolute atomic E-state index is 0.0263. The molecule has 74 valence electrons. The first kappa shape index (κ1) is 12.1. The molecule has 0 aromatic heterocycles. The third kappa shape index (κ3) is 6.79. The lowest BCUT2D eigenvalue weighted by Crippen LogP contribution is -2.38. The smallest absolute Gasteiger partial charge is 0.305 e. The molecule has 0 aliphatic heterocycles. The summed E-state index contributed by atoms with van der Waals surface area (Å²) in [5.74, 6) is 0.729. The predicted octanol–water partition coefficient (Wildman–Crippen LogP) is 2.28. The van der Waals surface area contributed by atoms with E-state index in [0.717, 1.165) is 12.2 Å². The largest absolute Gasteiger partial charge is 0.401 e. The first-order chi connectivity index (χ1) is 5.49. The van der Waals surface area contributed by atoms with Crippen LogP contribution in [0, 0.1) is 0 Å². The van der Waals surface area contributed by atoms with Crippen molar-refractivity contribution in [1.29, 1.82) is 0 Å². The molecule has 0 heterocycles. The Hall–Kier alpha value is 0.100. The SMILES string of the molecule is CCC(CSC)NCC(F)(F)F. The number of alkyl halides is 3. The maximum atomic E-state index is 11.7. The van der Waals surface area contributed by atoms with Crippen molar-refractivity contribution in [2.75, 3.05) is 18.6 Å². The van der Waals surface area contributed by atoms with Crippen molar-refractivity contribution >= 4 is 11.8 Å². The summed E-state index contributed by atoms with van der Waals surface area (Å²) < 4.78 is 35.2. The molecule has 0 radical (unpaired) electrons. The Bertz CT molecular complexity index is 116. The van der Waals surface area contributed by atoms with Gasteiger partial charge in [-0.05, 0) is 12.7 Å². The lowest BCUT2D eigenvalue weighted by molar-refractivity contribution is -0.125. The Balaban J connectivity index is 3.58. The molecule has 0 spiro atoms. The molecule has 5 heteroatoms. The standard InChI is InChI=1S/C7H14F3NS/c1-3-6(4-12-2)11-5-7(8,9)10/h6,11H,3-5H2,1-2H3.